The van der Waals surface area contributed by atoms with Gasteiger partial charge in [-0.1, -0.05) is 157 Å². The van der Waals surface area contributed by atoms with E-state index in [0.29, 0.717) is 22.4 Å². The average molecular weight is 1020 g/mol. The van der Waals surface area contributed by atoms with E-state index in [2.05, 4.69) is 118 Å². The number of nitrogens with zero attached hydrogens (tertiary/aromatic N) is 4. The van der Waals surface area contributed by atoms with Crippen LogP contribution in [-0.4, -0.2) is 9.13 Å². The third kappa shape index (κ3) is 7.43. The number of benzene rings is 12. The Morgan fingerprint density at radius 2 is 0.692 bits per heavy atom. The highest BCUT2D eigenvalue weighted by atomic mass is 19.2. The highest BCUT2D eigenvalue weighted by Gasteiger charge is 2.33. The van der Waals surface area contributed by atoms with Crippen molar-refractivity contribution >= 4 is 99.3 Å². The van der Waals surface area contributed by atoms with Gasteiger partial charge in [0.25, 0.3) is 0 Å². The van der Waals surface area contributed by atoms with E-state index >= 15 is 17.6 Å². The van der Waals surface area contributed by atoms with Crippen molar-refractivity contribution in [1.29, 1.82) is 0 Å². The molecule has 0 aliphatic heterocycles. The SMILES string of the molecule is Cc1ccc(-n2c3ccccc3c3cc(N(c4ccc(-c5c(F)c(F)c(N(c6ccc7c(c6)c6ccccc6n7-c6ccc(C)cc6)c6cccc7ccccc67)c(F)c5F)cc4)c4cccc5ccccc45)ccc32)cc1. The highest BCUT2D eigenvalue weighted by molar-refractivity contribution is 6.13. The molecule has 0 unspecified atom stereocenters. The Balaban J connectivity index is 0.917. The lowest BCUT2D eigenvalue weighted by Gasteiger charge is -2.29. The van der Waals surface area contributed by atoms with Gasteiger partial charge in [-0.2, -0.15) is 0 Å². The fourth-order valence-electron chi connectivity index (χ4n) is 11.6. The second-order valence-electron chi connectivity index (χ2n) is 20.0. The highest BCUT2D eigenvalue weighted by Crippen LogP contribution is 2.48. The van der Waals surface area contributed by atoms with E-state index in [9.17, 15) is 0 Å². The van der Waals surface area contributed by atoms with Gasteiger partial charge in [0.15, 0.2) is 23.3 Å². The topological polar surface area (TPSA) is 16.3 Å². The molecule has 0 aliphatic carbocycles. The van der Waals surface area contributed by atoms with Crippen LogP contribution in [0.2, 0.25) is 0 Å². The third-order valence-corrected chi connectivity index (χ3v) is 15.3. The number of aromatic nitrogens is 2. The minimum Gasteiger partial charge on any atom is -0.310 e. The van der Waals surface area contributed by atoms with Crippen LogP contribution in [0.3, 0.4) is 0 Å². The van der Waals surface area contributed by atoms with E-state index in [1.807, 2.05) is 110 Å². The summed E-state index contributed by atoms with van der Waals surface area (Å²) in [6.07, 6.45) is 0. The molecule has 0 atom stereocenters. The summed E-state index contributed by atoms with van der Waals surface area (Å²) in [4.78, 5) is 3.41. The molecule has 0 amide bonds. The van der Waals surface area contributed by atoms with Gasteiger partial charge in [-0.3, -0.25) is 0 Å². The summed E-state index contributed by atoms with van der Waals surface area (Å²) >= 11 is 0. The van der Waals surface area contributed by atoms with Gasteiger partial charge < -0.3 is 18.9 Å². The number of rotatable bonds is 9. The molecule has 0 radical (unpaired) electrons. The van der Waals surface area contributed by atoms with Crippen molar-refractivity contribution in [3.05, 3.63) is 277 Å². The first kappa shape index (κ1) is 46.6. The van der Waals surface area contributed by atoms with E-state index in [1.54, 1.807) is 30.3 Å². The Morgan fingerprint density at radius 1 is 0.308 bits per heavy atom. The van der Waals surface area contributed by atoms with E-state index in [1.165, 1.54) is 22.6 Å². The smallest absolute Gasteiger partial charge is 0.186 e. The van der Waals surface area contributed by atoms with E-state index in [0.717, 1.165) is 88.1 Å². The minimum absolute atomic E-state index is 0.0327. The zero-order chi connectivity index (χ0) is 52.8. The lowest BCUT2D eigenvalue weighted by molar-refractivity contribution is 0.461. The molecule has 8 heteroatoms. The molecular weight excluding hydrogens is 973 g/mol. The van der Waals surface area contributed by atoms with Crippen molar-refractivity contribution in [2.24, 2.45) is 0 Å². The summed E-state index contributed by atoms with van der Waals surface area (Å²) < 4.78 is 74.2. The normalized spacial score (nSPS) is 11.7. The molecule has 14 aromatic rings. The first-order valence-electron chi connectivity index (χ1n) is 25.9. The predicted octanol–water partition coefficient (Wildman–Crippen LogP) is 20.0. The molecule has 0 aliphatic rings. The molecule has 0 bridgehead atoms. The first-order valence-corrected chi connectivity index (χ1v) is 25.9. The summed E-state index contributed by atoms with van der Waals surface area (Å²) in [5.74, 6) is -6.09. The molecule has 2 aromatic heterocycles. The molecule has 0 saturated carbocycles. The van der Waals surface area contributed by atoms with E-state index < -0.39 is 34.5 Å². The molecule has 2 heterocycles. The molecule has 0 saturated heterocycles. The van der Waals surface area contributed by atoms with Gasteiger partial charge in [0.05, 0.1) is 39.0 Å². The molecular formula is C70H46F4N4. The monoisotopic (exact) mass is 1020 g/mol. The summed E-state index contributed by atoms with van der Waals surface area (Å²) in [5.41, 5.74) is 9.45. The zero-order valence-electron chi connectivity index (χ0n) is 42.4. The van der Waals surface area contributed by atoms with E-state index in [4.69, 9.17) is 0 Å². The van der Waals surface area contributed by atoms with Gasteiger partial charge in [0.1, 0.15) is 5.69 Å². The maximum Gasteiger partial charge on any atom is 0.186 e. The predicted molar refractivity (Wildman–Crippen MR) is 314 cm³/mol. The Labute approximate surface area is 447 Å². The average Bonchev–Trinajstić information content (AvgIpc) is 4.18. The number of halogens is 4. The van der Waals surface area contributed by atoms with Crippen molar-refractivity contribution < 1.29 is 17.6 Å². The Morgan fingerprint density at radius 3 is 1.18 bits per heavy atom. The summed E-state index contributed by atoms with van der Waals surface area (Å²) in [7, 11) is 0. The lowest BCUT2D eigenvalue weighted by atomic mass is 10.00. The summed E-state index contributed by atoms with van der Waals surface area (Å²) in [5, 5.41) is 7.22. The second kappa shape index (κ2) is 18.4. The summed E-state index contributed by atoms with van der Waals surface area (Å²) in [6, 6.07) is 78.4. The van der Waals surface area contributed by atoms with Crippen LogP contribution in [-0.2, 0) is 0 Å². The number of fused-ring (bicyclic) bond motifs is 8. The molecule has 0 fully saturated rings. The van der Waals surface area contributed by atoms with Gasteiger partial charge in [-0.15, -0.1) is 0 Å². The van der Waals surface area contributed by atoms with Crippen LogP contribution < -0.4 is 9.80 Å². The van der Waals surface area contributed by atoms with Crippen molar-refractivity contribution in [1.82, 2.24) is 9.13 Å². The Hall–Kier alpha value is -9.92. The summed E-state index contributed by atoms with van der Waals surface area (Å²) in [6.45, 7) is 4.11. The lowest BCUT2D eigenvalue weighted by Crippen LogP contribution is -2.17. The van der Waals surface area contributed by atoms with Crippen molar-refractivity contribution in [2.75, 3.05) is 9.80 Å². The van der Waals surface area contributed by atoms with Crippen molar-refractivity contribution in [3.63, 3.8) is 0 Å². The van der Waals surface area contributed by atoms with Crippen molar-refractivity contribution in [3.8, 4) is 22.5 Å². The zero-order valence-corrected chi connectivity index (χ0v) is 42.4. The fraction of sp³-hybridized carbons (Fsp3) is 0.0286. The van der Waals surface area contributed by atoms with Crippen LogP contribution in [0.1, 0.15) is 11.1 Å². The molecule has 4 nitrogen and oxygen atoms in total. The Kier molecular flexibility index (Phi) is 11.0. The first-order chi connectivity index (χ1) is 38.2. The maximum absolute atomic E-state index is 17.6. The number of hydrogen-bond donors (Lipinski definition) is 0. The largest absolute Gasteiger partial charge is 0.310 e. The molecule has 78 heavy (non-hydrogen) atoms. The quantitative estimate of drug-likeness (QED) is 0.106. The molecule has 12 aromatic carbocycles. The number of hydrogen-bond acceptors (Lipinski definition) is 2. The van der Waals surface area contributed by atoms with E-state index in [-0.39, 0.29) is 5.56 Å². The van der Waals surface area contributed by atoms with Gasteiger partial charge in [0, 0.05) is 60.8 Å². The minimum atomic E-state index is -1.53. The number of aryl methyl sites for hydroxylation is 2. The fourth-order valence-corrected chi connectivity index (χ4v) is 11.6. The van der Waals surface area contributed by atoms with Gasteiger partial charge in [-0.25, -0.2) is 17.6 Å². The molecule has 14 rings (SSSR count). The van der Waals surface area contributed by atoms with Crippen LogP contribution in [0.25, 0.3) is 87.7 Å². The van der Waals surface area contributed by atoms with Gasteiger partial charge in [-0.05, 0) is 127 Å². The van der Waals surface area contributed by atoms with Crippen LogP contribution in [0, 0.1) is 37.1 Å². The van der Waals surface area contributed by atoms with Gasteiger partial charge in [0.2, 0.25) is 0 Å². The maximum atomic E-state index is 17.6. The standard InChI is InChI=1S/C70H46F4N4/c1-43-25-31-49(32-26-43)76-61-21-9-7-19-55(61)57-41-51(37-39-63(57)76)75(59-23-11-15-45-13-3-5-17-53(45)59)48-35-29-47(30-36-48)65-66(71)68(73)70(69(74)67(65)72)78(60-24-12-16-46-14-4-6-18-54(46)60)52-38-40-64-58(42-52)56-20-8-10-22-62(56)77(64)50-33-27-44(2)28-34-50/h3-42H,1-2H3. The van der Waals surface area contributed by atoms with Crippen LogP contribution in [0.15, 0.2) is 243 Å². The molecule has 0 spiro atoms. The number of para-hydroxylation sites is 2. The molecule has 374 valence electrons. The van der Waals surface area contributed by atoms with Crippen LogP contribution >= 0.6 is 0 Å². The van der Waals surface area contributed by atoms with Gasteiger partial charge >= 0.3 is 0 Å². The Bertz CT molecular complexity index is 4650. The molecule has 0 N–H and O–H groups in total. The number of anilines is 6. The van der Waals surface area contributed by atoms with Crippen LogP contribution in [0.4, 0.5) is 51.7 Å². The van der Waals surface area contributed by atoms with Crippen molar-refractivity contribution in [2.45, 2.75) is 13.8 Å². The second-order valence-corrected chi connectivity index (χ2v) is 20.0. The third-order valence-electron chi connectivity index (χ3n) is 15.3. The van der Waals surface area contributed by atoms with Crippen LogP contribution in [0.5, 0.6) is 0 Å².